The smallest absolute Gasteiger partial charge is 0.219 e. The molecule has 0 saturated heterocycles. The van der Waals surface area contributed by atoms with Crippen molar-refractivity contribution in [1.82, 2.24) is 0 Å². The zero-order valence-corrected chi connectivity index (χ0v) is 12.6. The van der Waals surface area contributed by atoms with E-state index in [1.54, 1.807) is 0 Å². The molecule has 0 heterocycles. The molecule has 2 heteroatoms. The van der Waals surface area contributed by atoms with Crippen LogP contribution >= 0.6 is 0 Å². The molecule has 2 atom stereocenters. The molecule has 0 aromatic heterocycles. The minimum Gasteiger partial charge on any atom is -0.412 e. The highest BCUT2D eigenvalue weighted by atomic mass is 28.3. The number of allylic oxidation sites excluding steroid dienone is 2. The molecule has 0 aliphatic heterocycles. The molecule has 0 aliphatic rings. The summed E-state index contributed by atoms with van der Waals surface area (Å²) >= 11 is 0. The summed E-state index contributed by atoms with van der Waals surface area (Å²) in [6.45, 7) is 16.0. The standard InChI is InChI=1S/C15H25OSi/c1-7-10-14(6)15(13(4)5)16-17(11-8-2)12-9-3/h8-9,13-15H,2-3,11-12H2,1,4-6H3/t14-,15-/m1/s1. The van der Waals surface area contributed by atoms with Crippen LogP contribution in [0, 0.1) is 23.7 Å². The molecule has 95 valence electrons. The first kappa shape index (κ1) is 16.2. The van der Waals surface area contributed by atoms with Gasteiger partial charge in [0.05, 0.1) is 6.10 Å². The number of rotatable bonds is 8. The maximum absolute atomic E-state index is 6.26. The molecule has 0 bridgehead atoms. The van der Waals surface area contributed by atoms with E-state index in [4.69, 9.17) is 4.43 Å². The second-order valence-electron chi connectivity index (χ2n) is 4.53. The van der Waals surface area contributed by atoms with E-state index in [-0.39, 0.29) is 12.0 Å². The Balaban J connectivity index is 4.62. The molecular weight excluding hydrogens is 224 g/mol. The van der Waals surface area contributed by atoms with Gasteiger partial charge in [-0.15, -0.1) is 19.1 Å². The Hall–Kier alpha value is -0.783. The van der Waals surface area contributed by atoms with Gasteiger partial charge < -0.3 is 4.43 Å². The summed E-state index contributed by atoms with van der Waals surface area (Å²) in [5.41, 5.74) is 0. The van der Waals surface area contributed by atoms with Crippen LogP contribution in [0.25, 0.3) is 0 Å². The van der Waals surface area contributed by atoms with Gasteiger partial charge in [0.15, 0.2) is 0 Å². The molecule has 1 nitrogen and oxygen atoms in total. The van der Waals surface area contributed by atoms with E-state index in [9.17, 15) is 0 Å². The monoisotopic (exact) mass is 249 g/mol. The van der Waals surface area contributed by atoms with Crippen molar-refractivity contribution in [1.29, 1.82) is 0 Å². The van der Waals surface area contributed by atoms with Crippen molar-refractivity contribution in [3.8, 4) is 11.8 Å². The van der Waals surface area contributed by atoms with E-state index >= 15 is 0 Å². The second-order valence-corrected chi connectivity index (χ2v) is 6.66. The molecule has 0 unspecified atom stereocenters. The summed E-state index contributed by atoms with van der Waals surface area (Å²) in [5, 5.41) is 0. The first-order valence-electron chi connectivity index (χ1n) is 6.22. The van der Waals surface area contributed by atoms with Crippen LogP contribution < -0.4 is 0 Å². The lowest BCUT2D eigenvalue weighted by Crippen LogP contribution is -2.33. The Kier molecular flexibility index (Phi) is 8.84. The fraction of sp³-hybridized carbons (Fsp3) is 0.600. The van der Waals surface area contributed by atoms with Gasteiger partial charge in [0, 0.05) is 5.92 Å². The quantitative estimate of drug-likeness (QED) is 0.358. The third kappa shape index (κ3) is 6.50. The van der Waals surface area contributed by atoms with E-state index in [1.807, 2.05) is 19.1 Å². The summed E-state index contributed by atoms with van der Waals surface area (Å²) in [7, 11) is -0.856. The van der Waals surface area contributed by atoms with E-state index in [0.717, 1.165) is 12.1 Å². The molecule has 0 spiro atoms. The van der Waals surface area contributed by atoms with Gasteiger partial charge >= 0.3 is 0 Å². The van der Waals surface area contributed by atoms with Crippen LogP contribution in [0.15, 0.2) is 25.3 Å². The Morgan fingerprint density at radius 3 is 2.06 bits per heavy atom. The first-order chi connectivity index (χ1) is 8.06. The zero-order chi connectivity index (χ0) is 13.3. The van der Waals surface area contributed by atoms with Gasteiger partial charge in [-0.25, -0.2) is 0 Å². The fourth-order valence-electron chi connectivity index (χ4n) is 1.82. The van der Waals surface area contributed by atoms with Crippen LogP contribution in [-0.2, 0) is 4.43 Å². The normalized spacial score (nSPS) is 14.0. The van der Waals surface area contributed by atoms with Gasteiger partial charge in [0.1, 0.15) is 0 Å². The van der Waals surface area contributed by atoms with Gasteiger partial charge in [-0.05, 0) is 31.9 Å². The largest absolute Gasteiger partial charge is 0.412 e. The molecule has 17 heavy (non-hydrogen) atoms. The summed E-state index contributed by atoms with van der Waals surface area (Å²) in [4.78, 5) is 0. The molecule has 0 aliphatic carbocycles. The van der Waals surface area contributed by atoms with Crippen LogP contribution in [0.4, 0.5) is 0 Å². The van der Waals surface area contributed by atoms with Crippen molar-refractivity contribution in [2.75, 3.05) is 0 Å². The topological polar surface area (TPSA) is 9.23 Å². The van der Waals surface area contributed by atoms with Crippen molar-refractivity contribution >= 4 is 9.04 Å². The Morgan fingerprint density at radius 1 is 1.18 bits per heavy atom. The van der Waals surface area contributed by atoms with E-state index in [1.165, 1.54) is 0 Å². The van der Waals surface area contributed by atoms with Crippen LogP contribution in [0.3, 0.4) is 0 Å². The fourth-order valence-corrected chi connectivity index (χ4v) is 3.68. The van der Waals surface area contributed by atoms with Gasteiger partial charge in [0.2, 0.25) is 9.04 Å². The predicted octanol–water partition coefficient (Wildman–Crippen LogP) is 4.05. The Morgan fingerprint density at radius 2 is 1.71 bits per heavy atom. The van der Waals surface area contributed by atoms with Crippen LogP contribution in [0.2, 0.25) is 12.1 Å². The van der Waals surface area contributed by atoms with Gasteiger partial charge in [-0.1, -0.05) is 31.9 Å². The maximum atomic E-state index is 6.26. The van der Waals surface area contributed by atoms with Crippen LogP contribution in [0.5, 0.6) is 0 Å². The van der Waals surface area contributed by atoms with Crippen LogP contribution in [-0.4, -0.2) is 15.1 Å². The van der Waals surface area contributed by atoms with Crippen molar-refractivity contribution in [3.63, 3.8) is 0 Å². The van der Waals surface area contributed by atoms with E-state index in [2.05, 4.69) is 45.8 Å². The number of hydrogen-bond donors (Lipinski definition) is 0. The summed E-state index contributed by atoms with van der Waals surface area (Å²) in [6.07, 6.45) is 4.12. The third-order valence-corrected chi connectivity index (χ3v) is 4.66. The van der Waals surface area contributed by atoms with Crippen LogP contribution in [0.1, 0.15) is 27.7 Å². The lowest BCUT2D eigenvalue weighted by atomic mass is 9.95. The van der Waals surface area contributed by atoms with Crippen molar-refractivity contribution in [2.24, 2.45) is 11.8 Å². The molecule has 0 N–H and O–H groups in total. The Bertz CT molecular complexity index is 275. The van der Waals surface area contributed by atoms with E-state index in [0.29, 0.717) is 5.92 Å². The van der Waals surface area contributed by atoms with Gasteiger partial charge in [0.25, 0.3) is 0 Å². The minimum absolute atomic E-state index is 0.219. The summed E-state index contributed by atoms with van der Waals surface area (Å²) in [6, 6.07) is 1.93. The first-order valence-corrected chi connectivity index (χ1v) is 8.04. The SMILES string of the molecule is C=CC[Si](CC=C)O[C@H](C(C)C)[C@H](C)C#CC. The molecule has 0 fully saturated rings. The zero-order valence-electron chi connectivity index (χ0n) is 11.6. The molecule has 0 amide bonds. The van der Waals surface area contributed by atoms with Crippen molar-refractivity contribution in [2.45, 2.75) is 45.9 Å². The maximum Gasteiger partial charge on any atom is 0.219 e. The molecular formula is C15H25OSi. The molecule has 1 radical (unpaired) electrons. The van der Waals surface area contributed by atoms with E-state index < -0.39 is 9.04 Å². The molecule has 0 rings (SSSR count). The van der Waals surface area contributed by atoms with Crippen molar-refractivity contribution < 1.29 is 4.43 Å². The highest BCUT2D eigenvalue weighted by Gasteiger charge is 2.24. The third-order valence-electron chi connectivity index (χ3n) is 2.57. The highest BCUT2D eigenvalue weighted by Crippen LogP contribution is 2.19. The summed E-state index contributed by atoms with van der Waals surface area (Å²) < 4.78 is 6.26. The summed E-state index contributed by atoms with van der Waals surface area (Å²) in [5.74, 6) is 6.96. The minimum atomic E-state index is -0.856. The lowest BCUT2D eigenvalue weighted by Gasteiger charge is -2.28. The van der Waals surface area contributed by atoms with Gasteiger partial charge in [-0.2, -0.15) is 0 Å². The molecule has 0 aromatic carbocycles. The number of hydrogen-bond acceptors (Lipinski definition) is 1. The average Bonchev–Trinajstić information content (AvgIpc) is 2.26. The average molecular weight is 249 g/mol. The lowest BCUT2D eigenvalue weighted by molar-refractivity contribution is 0.118. The second kappa shape index (κ2) is 9.27. The highest BCUT2D eigenvalue weighted by molar-refractivity contribution is 6.53. The van der Waals surface area contributed by atoms with Gasteiger partial charge in [-0.3, -0.25) is 0 Å². The molecule has 0 saturated carbocycles. The molecule has 0 aromatic rings. The predicted molar refractivity (Wildman–Crippen MR) is 78.1 cm³/mol. The van der Waals surface area contributed by atoms with Crippen molar-refractivity contribution in [3.05, 3.63) is 25.3 Å². The Labute approximate surface area is 109 Å².